The summed E-state index contributed by atoms with van der Waals surface area (Å²) < 4.78 is 16.8. The Morgan fingerprint density at radius 3 is 2.38 bits per heavy atom. The van der Waals surface area contributed by atoms with Crippen molar-refractivity contribution >= 4 is 28.4 Å². The number of hydrogen-bond donors (Lipinski definition) is 0. The van der Waals surface area contributed by atoms with Crippen LogP contribution < -0.4 is 4.74 Å². The molecule has 7 heteroatoms. The van der Waals surface area contributed by atoms with Crippen LogP contribution in [0, 0.1) is 13.8 Å². The minimum absolute atomic E-state index is 0.0912. The van der Waals surface area contributed by atoms with Gasteiger partial charge in [-0.2, -0.15) is 0 Å². The molecule has 5 rings (SSSR count). The molecule has 1 aliphatic heterocycles. The van der Waals surface area contributed by atoms with Crippen LogP contribution in [0.5, 0.6) is 5.75 Å². The summed E-state index contributed by atoms with van der Waals surface area (Å²) in [5.41, 5.74) is 6.86. The second-order valence-electron chi connectivity index (χ2n) is 9.44. The van der Waals surface area contributed by atoms with Gasteiger partial charge in [0.05, 0.1) is 19.6 Å². The third-order valence-corrected chi connectivity index (χ3v) is 6.94. The number of carbonyl (C=O) groups excluding carboxylic acids is 2. The second kappa shape index (κ2) is 10.0. The first kappa shape index (κ1) is 24.4. The van der Waals surface area contributed by atoms with Gasteiger partial charge >= 0.3 is 0 Å². The van der Waals surface area contributed by atoms with Gasteiger partial charge in [-0.25, -0.2) is 0 Å². The van der Waals surface area contributed by atoms with Crippen molar-refractivity contribution < 1.29 is 23.2 Å². The Morgan fingerprint density at radius 2 is 1.70 bits per heavy atom. The molecule has 37 heavy (non-hydrogen) atoms. The lowest BCUT2D eigenvalue weighted by atomic mass is 9.96. The summed E-state index contributed by atoms with van der Waals surface area (Å²) in [6, 6.07) is 13.6. The smallest absolute Gasteiger partial charge is 0.289 e. The van der Waals surface area contributed by atoms with E-state index in [0.717, 1.165) is 33.2 Å². The summed E-state index contributed by atoms with van der Waals surface area (Å²) >= 11 is 0. The quantitative estimate of drug-likeness (QED) is 0.330. The third kappa shape index (κ3) is 4.77. The van der Waals surface area contributed by atoms with Crippen LogP contribution in [0.4, 0.5) is 0 Å². The van der Waals surface area contributed by atoms with E-state index in [2.05, 4.69) is 32.0 Å². The summed E-state index contributed by atoms with van der Waals surface area (Å²) in [5, 5.41) is 0.966. The van der Waals surface area contributed by atoms with E-state index in [9.17, 15) is 9.59 Å². The number of amides is 2. The number of furan rings is 2. The Balaban J connectivity index is 1.38. The third-order valence-electron chi connectivity index (χ3n) is 6.94. The van der Waals surface area contributed by atoms with E-state index in [1.54, 1.807) is 41.4 Å². The number of benzene rings is 2. The Labute approximate surface area is 215 Å². The van der Waals surface area contributed by atoms with E-state index in [1.165, 1.54) is 17.4 Å². The van der Waals surface area contributed by atoms with Crippen molar-refractivity contribution in [2.24, 2.45) is 0 Å². The summed E-state index contributed by atoms with van der Waals surface area (Å²) in [5.74, 6) is 0.718. The lowest BCUT2D eigenvalue weighted by molar-refractivity contribution is -0.127. The Morgan fingerprint density at radius 1 is 0.946 bits per heavy atom. The summed E-state index contributed by atoms with van der Waals surface area (Å²) in [7, 11) is 1.61. The van der Waals surface area contributed by atoms with Crippen molar-refractivity contribution in [1.82, 2.24) is 9.80 Å². The fourth-order valence-electron chi connectivity index (χ4n) is 4.90. The maximum absolute atomic E-state index is 13.1. The normalized spacial score (nSPS) is 14.3. The van der Waals surface area contributed by atoms with Gasteiger partial charge in [0.2, 0.25) is 5.91 Å². The van der Waals surface area contributed by atoms with E-state index in [1.807, 2.05) is 19.1 Å². The molecule has 0 bridgehead atoms. The minimum Gasteiger partial charge on any atom is -0.496 e. The van der Waals surface area contributed by atoms with Crippen molar-refractivity contribution in [3.63, 3.8) is 0 Å². The molecular formula is C30H30N2O5. The van der Waals surface area contributed by atoms with E-state index < -0.39 is 0 Å². The average Bonchev–Trinajstić information content (AvgIpc) is 3.58. The highest BCUT2D eigenvalue weighted by molar-refractivity contribution is 6.01. The van der Waals surface area contributed by atoms with Gasteiger partial charge < -0.3 is 23.4 Å². The maximum atomic E-state index is 13.1. The Bertz CT molecular complexity index is 1490. The Kier molecular flexibility index (Phi) is 6.61. The van der Waals surface area contributed by atoms with Crippen LogP contribution in [0.15, 0.2) is 69.9 Å². The number of allylic oxidation sites excluding steroid dienone is 1. The first-order valence-corrected chi connectivity index (χ1v) is 12.3. The maximum Gasteiger partial charge on any atom is 0.289 e. The van der Waals surface area contributed by atoms with Crippen LogP contribution in [-0.4, -0.2) is 54.9 Å². The Hall–Kier alpha value is -4.26. The zero-order valence-electron chi connectivity index (χ0n) is 21.5. The zero-order chi connectivity index (χ0) is 26.1. The van der Waals surface area contributed by atoms with Gasteiger partial charge in [0.1, 0.15) is 11.3 Å². The SMILES string of the molecule is COc1cc2occ(-c3ccc(C)cc3C)c2cc1/C(C)=C/C(=O)N1CCN(C(=O)c2ccco2)CC1. The number of hydrogen-bond acceptors (Lipinski definition) is 5. The number of piperazine rings is 1. The van der Waals surface area contributed by atoms with Crippen LogP contribution in [0.25, 0.3) is 27.7 Å². The van der Waals surface area contributed by atoms with Gasteiger partial charge in [-0.05, 0) is 55.7 Å². The number of carbonyl (C=O) groups is 2. The van der Waals surface area contributed by atoms with Gasteiger partial charge in [0, 0.05) is 54.8 Å². The van der Waals surface area contributed by atoms with Gasteiger partial charge in [-0.3, -0.25) is 9.59 Å². The molecule has 0 atom stereocenters. The van der Waals surface area contributed by atoms with Crippen molar-refractivity contribution in [2.45, 2.75) is 20.8 Å². The van der Waals surface area contributed by atoms with Gasteiger partial charge in [0.25, 0.3) is 5.91 Å². The highest BCUT2D eigenvalue weighted by Crippen LogP contribution is 2.38. The summed E-state index contributed by atoms with van der Waals surface area (Å²) in [6.45, 7) is 7.93. The van der Waals surface area contributed by atoms with Crippen LogP contribution in [0.3, 0.4) is 0 Å². The molecule has 7 nitrogen and oxygen atoms in total. The number of rotatable bonds is 5. The van der Waals surface area contributed by atoms with Crippen molar-refractivity contribution in [1.29, 1.82) is 0 Å². The fraction of sp³-hybridized carbons (Fsp3) is 0.267. The van der Waals surface area contributed by atoms with Crippen molar-refractivity contribution in [2.75, 3.05) is 33.3 Å². The fourth-order valence-corrected chi connectivity index (χ4v) is 4.90. The van der Waals surface area contributed by atoms with Crippen molar-refractivity contribution in [3.05, 3.63) is 83.5 Å². The number of fused-ring (bicyclic) bond motifs is 1. The molecule has 0 unspecified atom stereocenters. The number of methoxy groups -OCH3 is 1. The highest BCUT2D eigenvalue weighted by atomic mass is 16.5. The lowest BCUT2D eigenvalue weighted by Gasteiger charge is -2.33. The van der Waals surface area contributed by atoms with E-state index in [0.29, 0.717) is 37.7 Å². The molecule has 2 aromatic heterocycles. The molecular weight excluding hydrogens is 468 g/mol. The van der Waals surface area contributed by atoms with Crippen LogP contribution >= 0.6 is 0 Å². The van der Waals surface area contributed by atoms with Crippen LogP contribution in [0.2, 0.25) is 0 Å². The predicted molar refractivity (Wildman–Crippen MR) is 143 cm³/mol. The van der Waals surface area contributed by atoms with Crippen LogP contribution in [0.1, 0.15) is 34.2 Å². The molecule has 0 spiro atoms. The summed E-state index contributed by atoms with van der Waals surface area (Å²) in [4.78, 5) is 29.1. The molecule has 190 valence electrons. The number of ether oxygens (including phenoxy) is 1. The molecule has 2 aromatic carbocycles. The molecule has 3 heterocycles. The molecule has 0 saturated carbocycles. The van der Waals surface area contributed by atoms with Crippen LogP contribution in [-0.2, 0) is 4.79 Å². The molecule has 1 fully saturated rings. The average molecular weight is 499 g/mol. The van der Waals surface area contributed by atoms with E-state index in [-0.39, 0.29) is 11.8 Å². The molecule has 0 N–H and O–H groups in total. The first-order chi connectivity index (χ1) is 17.9. The molecule has 4 aromatic rings. The van der Waals surface area contributed by atoms with Gasteiger partial charge in [-0.1, -0.05) is 23.8 Å². The van der Waals surface area contributed by atoms with E-state index >= 15 is 0 Å². The monoisotopic (exact) mass is 498 g/mol. The highest BCUT2D eigenvalue weighted by Gasteiger charge is 2.25. The molecule has 0 aliphatic carbocycles. The van der Waals surface area contributed by atoms with Crippen molar-refractivity contribution in [3.8, 4) is 16.9 Å². The standard InChI is InChI=1S/C30H30N2O5/c1-19-7-8-22(20(2)14-19)25-18-37-28-17-27(35-4)23(16-24(25)28)21(3)15-29(33)31-9-11-32(12-10-31)30(34)26-6-5-13-36-26/h5-8,13-18H,9-12H2,1-4H3/b21-15+. The lowest BCUT2D eigenvalue weighted by Crippen LogP contribution is -2.50. The minimum atomic E-state index is -0.151. The molecule has 1 aliphatic rings. The van der Waals surface area contributed by atoms with Gasteiger partial charge in [0.15, 0.2) is 5.76 Å². The topological polar surface area (TPSA) is 76.1 Å². The molecule has 2 amide bonds. The van der Waals surface area contributed by atoms with Gasteiger partial charge in [-0.15, -0.1) is 0 Å². The largest absolute Gasteiger partial charge is 0.496 e. The summed E-state index contributed by atoms with van der Waals surface area (Å²) in [6.07, 6.45) is 4.91. The number of nitrogens with zero attached hydrogens (tertiary/aromatic N) is 2. The second-order valence-corrected chi connectivity index (χ2v) is 9.44. The molecule has 0 radical (unpaired) electrons. The predicted octanol–water partition coefficient (Wildman–Crippen LogP) is 5.71. The van der Waals surface area contributed by atoms with E-state index in [4.69, 9.17) is 13.6 Å². The number of aryl methyl sites for hydroxylation is 2. The first-order valence-electron chi connectivity index (χ1n) is 12.3. The molecule has 1 saturated heterocycles. The zero-order valence-corrected chi connectivity index (χ0v) is 21.5.